The predicted octanol–water partition coefficient (Wildman–Crippen LogP) is 3.24. The molecular weight excluding hydrogens is 340 g/mol. The number of nitrogens with zero attached hydrogens (tertiary/aromatic N) is 1. The molecule has 144 valence electrons. The van der Waals surface area contributed by atoms with Crippen LogP contribution >= 0.6 is 0 Å². The van der Waals surface area contributed by atoms with Gasteiger partial charge >= 0.3 is 0 Å². The Bertz CT molecular complexity index is 774. The molecule has 0 saturated carbocycles. The summed E-state index contributed by atoms with van der Waals surface area (Å²) in [4.78, 5) is 26.8. The van der Waals surface area contributed by atoms with E-state index in [-0.39, 0.29) is 18.4 Å². The van der Waals surface area contributed by atoms with Crippen molar-refractivity contribution < 1.29 is 14.3 Å². The number of nitrogens with one attached hydrogen (secondary N) is 1. The lowest BCUT2D eigenvalue weighted by Gasteiger charge is -2.28. The first-order valence-electron chi connectivity index (χ1n) is 9.24. The summed E-state index contributed by atoms with van der Waals surface area (Å²) >= 11 is 0. The number of hydrogen-bond acceptors (Lipinski definition) is 3. The van der Waals surface area contributed by atoms with Crippen LogP contribution in [0.5, 0.6) is 5.75 Å². The fraction of sp³-hybridized carbons (Fsp3) is 0.364. The second-order valence-corrected chi connectivity index (χ2v) is 6.56. The van der Waals surface area contributed by atoms with Gasteiger partial charge in [-0.15, -0.1) is 0 Å². The van der Waals surface area contributed by atoms with Crippen LogP contribution in [0.2, 0.25) is 0 Å². The molecule has 27 heavy (non-hydrogen) atoms. The minimum Gasteiger partial charge on any atom is -0.483 e. The Kier molecular flexibility index (Phi) is 7.41. The Labute approximate surface area is 161 Å². The van der Waals surface area contributed by atoms with Crippen molar-refractivity contribution in [2.45, 2.75) is 40.3 Å². The average Bonchev–Trinajstić information content (AvgIpc) is 2.67. The van der Waals surface area contributed by atoms with Gasteiger partial charge in [-0.1, -0.05) is 42.5 Å². The minimum atomic E-state index is -0.583. The highest BCUT2D eigenvalue weighted by atomic mass is 16.5. The van der Waals surface area contributed by atoms with E-state index in [4.69, 9.17) is 4.74 Å². The maximum absolute atomic E-state index is 12.9. The van der Waals surface area contributed by atoms with E-state index in [1.165, 1.54) is 0 Å². The molecule has 2 rings (SSSR count). The molecular formula is C22H28N2O3. The molecule has 2 aromatic rings. The number of amides is 2. The SMILES string of the molecule is CCNC(=O)[C@H](C)N(Cc1ccccc1)C(=O)COc1cccc(C)c1C. The van der Waals surface area contributed by atoms with Crippen molar-refractivity contribution in [3.63, 3.8) is 0 Å². The minimum absolute atomic E-state index is 0.110. The molecule has 0 aliphatic heterocycles. The van der Waals surface area contributed by atoms with Crippen LogP contribution in [-0.4, -0.2) is 35.9 Å². The van der Waals surface area contributed by atoms with E-state index in [9.17, 15) is 9.59 Å². The Morgan fingerprint density at radius 3 is 2.44 bits per heavy atom. The fourth-order valence-corrected chi connectivity index (χ4v) is 2.79. The molecule has 0 unspecified atom stereocenters. The van der Waals surface area contributed by atoms with E-state index < -0.39 is 6.04 Å². The summed E-state index contributed by atoms with van der Waals surface area (Å²) in [6, 6.07) is 14.8. The molecule has 0 fully saturated rings. The van der Waals surface area contributed by atoms with E-state index in [0.717, 1.165) is 16.7 Å². The topological polar surface area (TPSA) is 58.6 Å². The van der Waals surface area contributed by atoms with Gasteiger partial charge in [0.15, 0.2) is 6.61 Å². The highest BCUT2D eigenvalue weighted by Crippen LogP contribution is 2.21. The number of carbonyl (C=O) groups is 2. The third kappa shape index (κ3) is 5.58. The van der Waals surface area contributed by atoms with Gasteiger partial charge in [0, 0.05) is 13.1 Å². The summed E-state index contributed by atoms with van der Waals surface area (Å²) in [6.45, 7) is 8.34. The molecule has 0 spiro atoms. The van der Waals surface area contributed by atoms with Gasteiger partial charge in [0.1, 0.15) is 11.8 Å². The number of benzene rings is 2. The van der Waals surface area contributed by atoms with Gasteiger partial charge < -0.3 is 15.0 Å². The zero-order valence-corrected chi connectivity index (χ0v) is 16.5. The van der Waals surface area contributed by atoms with Crippen molar-refractivity contribution >= 4 is 11.8 Å². The van der Waals surface area contributed by atoms with E-state index in [1.54, 1.807) is 11.8 Å². The van der Waals surface area contributed by atoms with Crippen LogP contribution < -0.4 is 10.1 Å². The highest BCUT2D eigenvalue weighted by molar-refractivity contribution is 5.87. The number of aryl methyl sites for hydroxylation is 1. The van der Waals surface area contributed by atoms with Gasteiger partial charge in [-0.2, -0.15) is 0 Å². The quantitative estimate of drug-likeness (QED) is 0.778. The predicted molar refractivity (Wildman–Crippen MR) is 107 cm³/mol. The summed E-state index contributed by atoms with van der Waals surface area (Å²) in [7, 11) is 0. The summed E-state index contributed by atoms with van der Waals surface area (Å²) in [6.07, 6.45) is 0. The lowest BCUT2D eigenvalue weighted by atomic mass is 10.1. The van der Waals surface area contributed by atoms with Crippen molar-refractivity contribution in [3.8, 4) is 5.75 Å². The number of rotatable bonds is 8. The van der Waals surface area contributed by atoms with Gasteiger partial charge in [0.2, 0.25) is 5.91 Å². The second kappa shape index (κ2) is 9.76. The smallest absolute Gasteiger partial charge is 0.261 e. The molecule has 5 heteroatoms. The first-order chi connectivity index (χ1) is 12.9. The lowest BCUT2D eigenvalue weighted by Crippen LogP contribution is -2.49. The van der Waals surface area contributed by atoms with Crippen LogP contribution in [-0.2, 0) is 16.1 Å². The first-order valence-corrected chi connectivity index (χ1v) is 9.24. The monoisotopic (exact) mass is 368 g/mol. The summed E-state index contributed by atoms with van der Waals surface area (Å²) in [5.74, 6) is 0.292. The third-order valence-corrected chi connectivity index (χ3v) is 4.62. The zero-order valence-electron chi connectivity index (χ0n) is 16.5. The van der Waals surface area contributed by atoms with Crippen molar-refractivity contribution in [2.24, 2.45) is 0 Å². The molecule has 2 amide bonds. The number of hydrogen-bond donors (Lipinski definition) is 1. The number of likely N-dealkylation sites (N-methyl/N-ethyl adjacent to an activating group) is 1. The highest BCUT2D eigenvalue weighted by Gasteiger charge is 2.26. The number of ether oxygens (including phenoxy) is 1. The van der Waals surface area contributed by atoms with Crippen LogP contribution in [0.25, 0.3) is 0 Å². The van der Waals surface area contributed by atoms with E-state index in [0.29, 0.717) is 18.8 Å². The van der Waals surface area contributed by atoms with Gasteiger partial charge in [0.25, 0.3) is 5.91 Å². The molecule has 0 bridgehead atoms. The Morgan fingerprint density at radius 1 is 1.07 bits per heavy atom. The molecule has 1 atom stereocenters. The van der Waals surface area contributed by atoms with E-state index >= 15 is 0 Å². The van der Waals surface area contributed by atoms with Gasteiger partial charge in [-0.25, -0.2) is 0 Å². The Balaban J connectivity index is 2.14. The Hall–Kier alpha value is -2.82. The molecule has 5 nitrogen and oxygen atoms in total. The van der Waals surface area contributed by atoms with Crippen LogP contribution in [0.1, 0.15) is 30.5 Å². The second-order valence-electron chi connectivity index (χ2n) is 6.56. The normalized spacial score (nSPS) is 11.6. The van der Waals surface area contributed by atoms with E-state index in [1.807, 2.05) is 69.3 Å². The molecule has 2 aromatic carbocycles. The van der Waals surface area contributed by atoms with Crippen molar-refractivity contribution in [1.82, 2.24) is 10.2 Å². The molecule has 0 saturated heterocycles. The Morgan fingerprint density at radius 2 is 1.78 bits per heavy atom. The van der Waals surface area contributed by atoms with Gasteiger partial charge in [0.05, 0.1) is 0 Å². The first kappa shape index (κ1) is 20.5. The third-order valence-electron chi connectivity index (χ3n) is 4.62. The van der Waals surface area contributed by atoms with Crippen LogP contribution in [0.15, 0.2) is 48.5 Å². The van der Waals surface area contributed by atoms with Crippen molar-refractivity contribution in [2.75, 3.05) is 13.2 Å². The van der Waals surface area contributed by atoms with Gasteiger partial charge in [-0.05, 0) is 50.5 Å². The van der Waals surface area contributed by atoms with E-state index in [2.05, 4.69) is 5.32 Å². The number of carbonyl (C=O) groups excluding carboxylic acids is 2. The lowest BCUT2D eigenvalue weighted by molar-refractivity contribution is -0.142. The molecule has 1 N–H and O–H groups in total. The molecule has 0 aromatic heterocycles. The van der Waals surface area contributed by atoms with Crippen LogP contribution in [0, 0.1) is 13.8 Å². The summed E-state index contributed by atoms with van der Waals surface area (Å²) in [5.41, 5.74) is 3.09. The average molecular weight is 368 g/mol. The summed E-state index contributed by atoms with van der Waals surface area (Å²) in [5, 5.41) is 2.78. The maximum atomic E-state index is 12.9. The largest absolute Gasteiger partial charge is 0.483 e. The summed E-state index contributed by atoms with van der Waals surface area (Å²) < 4.78 is 5.77. The van der Waals surface area contributed by atoms with Crippen LogP contribution in [0.3, 0.4) is 0 Å². The van der Waals surface area contributed by atoms with Crippen LogP contribution in [0.4, 0.5) is 0 Å². The zero-order chi connectivity index (χ0) is 19.8. The van der Waals surface area contributed by atoms with Crippen molar-refractivity contribution in [1.29, 1.82) is 0 Å². The van der Waals surface area contributed by atoms with Crippen molar-refractivity contribution in [3.05, 3.63) is 65.2 Å². The molecule has 0 aliphatic rings. The maximum Gasteiger partial charge on any atom is 0.261 e. The van der Waals surface area contributed by atoms with Gasteiger partial charge in [-0.3, -0.25) is 9.59 Å². The standard InChI is InChI=1S/C22H28N2O3/c1-5-23-22(26)18(4)24(14-19-11-7-6-8-12-19)21(25)15-27-20-13-9-10-16(2)17(20)3/h6-13,18H,5,14-15H2,1-4H3,(H,23,26)/t18-/m0/s1. The molecule has 0 radical (unpaired) electrons. The molecule has 0 aliphatic carbocycles. The molecule has 0 heterocycles. The fourth-order valence-electron chi connectivity index (χ4n) is 2.79.